The molecule has 3 rings (SSSR count). The van der Waals surface area contributed by atoms with Crippen LogP contribution in [-0.4, -0.2) is 17.4 Å². The van der Waals surface area contributed by atoms with Crippen LogP contribution in [0.15, 0.2) is 63.5 Å². The van der Waals surface area contributed by atoms with E-state index in [0.717, 1.165) is 15.6 Å². The van der Waals surface area contributed by atoms with Gasteiger partial charge in [0.25, 0.3) is 11.6 Å². The van der Waals surface area contributed by atoms with Crippen LogP contribution in [0.1, 0.15) is 22.3 Å². The van der Waals surface area contributed by atoms with E-state index in [2.05, 4.69) is 43.2 Å². The Bertz CT molecular complexity index is 1330. The largest absolute Gasteiger partial charge is 0.482 e. The quantitative estimate of drug-likeness (QED) is 0.142. The predicted molar refractivity (Wildman–Crippen MR) is 138 cm³/mol. The highest BCUT2D eigenvalue weighted by Crippen LogP contribution is 2.35. The van der Waals surface area contributed by atoms with E-state index >= 15 is 0 Å². The van der Waals surface area contributed by atoms with Gasteiger partial charge >= 0.3 is 0 Å². The zero-order valence-electron chi connectivity index (χ0n) is 18.3. The lowest BCUT2D eigenvalue weighted by molar-refractivity contribution is -0.384. The van der Waals surface area contributed by atoms with Crippen LogP contribution in [0.4, 0.5) is 11.4 Å². The van der Waals surface area contributed by atoms with Crippen molar-refractivity contribution in [3.05, 3.63) is 95.9 Å². The number of carbonyl (C=O) groups excluding carboxylic acids is 1. The molecule has 0 aliphatic carbocycles. The zero-order valence-corrected chi connectivity index (χ0v) is 21.4. The number of nitro groups is 1. The first-order valence-electron chi connectivity index (χ1n) is 10.0. The van der Waals surface area contributed by atoms with Crippen LogP contribution in [-0.2, 0) is 4.79 Å². The van der Waals surface area contributed by atoms with Crippen LogP contribution in [0.3, 0.4) is 0 Å². The topological polar surface area (TPSA) is 105 Å². The predicted octanol–water partition coefficient (Wildman–Crippen LogP) is 6.82. The molecule has 1 N–H and O–H groups in total. The van der Waals surface area contributed by atoms with E-state index < -0.39 is 4.92 Å². The molecule has 172 valence electrons. The third kappa shape index (κ3) is 6.31. The summed E-state index contributed by atoms with van der Waals surface area (Å²) in [5.74, 6) is 0.0528. The van der Waals surface area contributed by atoms with Gasteiger partial charge in [0.1, 0.15) is 5.75 Å². The van der Waals surface area contributed by atoms with Gasteiger partial charge in [-0.05, 0) is 88.9 Å². The summed E-state index contributed by atoms with van der Waals surface area (Å²) in [5.41, 5.74) is 4.16. The molecule has 0 saturated carbocycles. The lowest BCUT2D eigenvalue weighted by Gasteiger charge is -2.13. The molecular formula is C25H19Br2N3O4. The highest BCUT2D eigenvalue weighted by Gasteiger charge is 2.14. The second-order valence-electron chi connectivity index (χ2n) is 7.42. The molecule has 1 amide bonds. The van der Waals surface area contributed by atoms with Gasteiger partial charge in [0, 0.05) is 27.9 Å². The molecule has 0 aliphatic rings. The number of aryl methyl sites for hydroxylation is 2. The Hall–Kier alpha value is -3.48. The number of halogens is 2. The molecule has 3 aromatic carbocycles. The van der Waals surface area contributed by atoms with E-state index in [4.69, 9.17) is 4.74 Å². The molecule has 0 bridgehead atoms. The number of anilines is 1. The Morgan fingerprint density at radius 2 is 1.82 bits per heavy atom. The molecule has 0 aliphatic heterocycles. The summed E-state index contributed by atoms with van der Waals surface area (Å²) in [4.78, 5) is 22.9. The normalized spacial score (nSPS) is 11.0. The smallest absolute Gasteiger partial charge is 0.269 e. The number of non-ortho nitro benzene ring substituents is 1. The van der Waals surface area contributed by atoms with E-state index in [-0.39, 0.29) is 23.8 Å². The zero-order chi connectivity index (χ0) is 24.8. The summed E-state index contributed by atoms with van der Waals surface area (Å²) in [6, 6.07) is 17.0. The Balaban J connectivity index is 1.85. The first-order chi connectivity index (χ1) is 16.2. The van der Waals surface area contributed by atoms with Crippen molar-refractivity contribution in [1.29, 1.82) is 5.26 Å². The molecule has 0 saturated heterocycles. The number of allylic oxidation sites excluding steroid dienone is 1. The lowest BCUT2D eigenvalue weighted by atomic mass is 10.0. The van der Waals surface area contributed by atoms with E-state index in [1.54, 1.807) is 18.2 Å². The van der Waals surface area contributed by atoms with Crippen LogP contribution < -0.4 is 10.1 Å². The second kappa shape index (κ2) is 11.1. The Labute approximate surface area is 213 Å². The molecule has 0 unspecified atom stereocenters. The van der Waals surface area contributed by atoms with Crippen molar-refractivity contribution in [1.82, 2.24) is 0 Å². The molecule has 9 heteroatoms. The lowest BCUT2D eigenvalue weighted by Crippen LogP contribution is -2.20. The number of carbonyl (C=O) groups is 1. The molecule has 0 atom stereocenters. The van der Waals surface area contributed by atoms with Gasteiger partial charge in [-0.2, -0.15) is 5.26 Å². The number of rotatable bonds is 7. The van der Waals surface area contributed by atoms with E-state index in [1.165, 1.54) is 24.3 Å². The Morgan fingerprint density at radius 3 is 2.44 bits per heavy atom. The summed E-state index contributed by atoms with van der Waals surface area (Å²) in [5, 5.41) is 23.4. The van der Waals surface area contributed by atoms with Gasteiger partial charge in [0.05, 0.1) is 21.0 Å². The fourth-order valence-corrected chi connectivity index (χ4v) is 4.46. The minimum atomic E-state index is -0.500. The van der Waals surface area contributed by atoms with Crippen LogP contribution in [0.25, 0.3) is 11.6 Å². The molecule has 0 radical (unpaired) electrons. The van der Waals surface area contributed by atoms with E-state index in [1.807, 2.05) is 32.0 Å². The van der Waals surface area contributed by atoms with Gasteiger partial charge in [0.15, 0.2) is 6.61 Å². The van der Waals surface area contributed by atoms with E-state index in [9.17, 15) is 20.2 Å². The highest BCUT2D eigenvalue weighted by molar-refractivity contribution is 9.11. The second-order valence-corrected chi connectivity index (χ2v) is 9.19. The maximum absolute atomic E-state index is 12.5. The standard InChI is InChI=1S/C25H19Br2N3O4/c1-15-3-6-21(9-16(15)2)29-24(31)14-34-25-18(11-20(26)12-23(25)27)10-19(13-28)17-4-7-22(8-5-17)30(32)33/h3-12H,14H2,1-2H3,(H,29,31)/b19-10+. The average Bonchev–Trinajstić information content (AvgIpc) is 2.79. The number of nitro benzene ring substituents is 1. The fourth-order valence-electron chi connectivity index (χ4n) is 3.09. The minimum Gasteiger partial charge on any atom is -0.482 e. The summed E-state index contributed by atoms with van der Waals surface area (Å²) < 4.78 is 7.15. The summed E-state index contributed by atoms with van der Waals surface area (Å²) >= 11 is 6.88. The number of amides is 1. The Kier molecular flexibility index (Phi) is 8.21. The van der Waals surface area contributed by atoms with Crippen molar-refractivity contribution >= 4 is 60.8 Å². The van der Waals surface area contributed by atoms with Gasteiger partial charge in [0.2, 0.25) is 0 Å². The number of ether oxygens (including phenoxy) is 1. The molecule has 7 nitrogen and oxygen atoms in total. The first-order valence-corrected chi connectivity index (χ1v) is 11.6. The third-order valence-corrected chi connectivity index (χ3v) is 6.03. The van der Waals surface area contributed by atoms with Crippen molar-refractivity contribution in [2.45, 2.75) is 13.8 Å². The number of benzene rings is 3. The van der Waals surface area contributed by atoms with Gasteiger partial charge in [-0.25, -0.2) is 0 Å². The summed E-state index contributed by atoms with van der Waals surface area (Å²) in [7, 11) is 0. The molecule has 0 aromatic heterocycles. The maximum atomic E-state index is 12.5. The van der Waals surface area contributed by atoms with Crippen molar-refractivity contribution in [2.24, 2.45) is 0 Å². The van der Waals surface area contributed by atoms with Crippen molar-refractivity contribution in [3.63, 3.8) is 0 Å². The van der Waals surface area contributed by atoms with Crippen LogP contribution in [0.2, 0.25) is 0 Å². The number of nitriles is 1. The average molecular weight is 585 g/mol. The molecule has 3 aromatic rings. The monoisotopic (exact) mass is 583 g/mol. The number of nitrogens with one attached hydrogen (secondary N) is 1. The van der Waals surface area contributed by atoms with Crippen LogP contribution >= 0.6 is 31.9 Å². The van der Waals surface area contributed by atoms with Crippen LogP contribution in [0, 0.1) is 35.3 Å². The van der Waals surface area contributed by atoms with Crippen LogP contribution in [0.5, 0.6) is 5.75 Å². The minimum absolute atomic E-state index is 0.0648. The summed E-state index contributed by atoms with van der Waals surface area (Å²) in [6.07, 6.45) is 1.60. The summed E-state index contributed by atoms with van der Waals surface area (Å²) in [6.45, 7) is 3.72. The van der Waals surface area contributed by atoms with E-state index in [0.29, 0.717) is 27.0 Å². The van der Waals surface area contributed by atoms with Crippen molar-refractivity contribution in [3.8, 4) is 11.8 Å². The van der Waals surface area contributed by atoms with Gasteiger partial charge in [-0.1, -0.05) is 22.0 Å². The molecule has 0 spiro atoms. The SMILES string of the molecule is Cc1ccc(NC(=O)COc2c(Br)cc(Br)cc2/C=C(\C#N)c2ccc([N+](=O)[O-])cc2)cc1C. The van der Waals surface area contributed by atoms with Gasteiger partial charge < -0.3 is 10.1 Å². The molecule has 0 fully saturated rings. The Morgan fingerprint density at radius 1 is 1.12 bits per heavy atom. The highest BCUT2D eigenvalue weighted by atomic mass is 79.9. The molecule has 34 heavy (non-hydrogen) atoms. The third-order valence-electron chi connectivity index (χ3n) is 4.98. The number of hydrogen-bond acceptors (Lipinski definition) is 5. The molecule has 0 heterocycles. The first kappa shape index (κ1) is 25.1. The number of nitrogens with zero attached hydrogens (tertiary/aromatic N) is 2. The van der Waals surface area contributed by atoms with Gasteiger partial charge in [-0.15, -0.1) is 0 Å². The molecular weight excluding hydrogens is 566 g/mol. The van der Waals surface area contributed by atoms with Crippen molar-refractivity contribution < 1.29 is 14.5 Å². The van der Waals surface area contributed by atoms with Gasteiger partial charge in [-0.3, -0.25) is 14.9 Å². The van der Waals surface area contributed by atoms with Crippen molar-refractivity contribution in [2.75, 3.05) is 11.9 Å². The number of hydrogen-bond donors (Lipinski definition) is 1. The maximum Gasteiger partial charge on any atom is 0.269 e. The fraction of sp³-hybridized carbons (Fsp3) is 0.120.